The van der Waals surface area contributed by atoms with Gasteiger partial charge in [0.05, 0.1) is 16.8 Å². The molecule has 1 aliphatic heterocycles. The van der Waals surface area contributed by atoms with Gasteiger partial charge in [0.25, 0.3) is 5.89 Å². The van der Waals surface area contributed by atoms with Crippen molar-refractivity contribution in [3.8, 4) is 10.8 Å². The van der Waals surface area contributed by atoms with E-state index in [1.165, 1.54) is 16.0 Å². The van der Waals surface area contributed by atoms with Gasteiger partial charge in [-0.05, 0) is 36.8 Å². The number of thiophene rings is 1. The standard InChI is InChI=1S/C20H21N3O3S/c1-14(15-6-3-2-4-7-15)19(24)22-11-9-16(10-12-22)23-20(25)26-18(21-23)17-8-5-13-27-17/h2-8,13-14,16H,9-12H2,1H3/t14-/m0/s1. The second-order valence-corrected chi connectivity index (χ2v) is 7.73. The number of hydrogen-bond acceptors (Lipinski definition) is 5. The van der Waals surface area contributed by atoms with Crippen LogP contribution < -0.4 is 5.76 Å². The average Bonchev–Trinajstić information content (AvgIpc) is 3.37. The maximum atomic E-state index is 12.8. The number of piperidine rings is 1. The number of carbonyl (C=O) groups excluding carboxylic acids is 1. The fourth-order valence-electron chi connectivity index (χ4n) is 3.51. The van der Waals surface area contributed by atoms with Crippen LogP contribution >= 0.6 is 11.3 Å². The second-order valence-electron chi connectivity index (χ2n) is 6.78. The molecule has 1 aliphatic rings. The third-order valence-corrected chi connectivity index (χ3v) is 5.95. The van der Waals surface area contributed by atoms with Crippen molar-refractivity contribution in [1.82, 2.24) is 14.7 Å². The summed E-state index contributed by atoms with van der Waals surface area (Å²) in [5, 5.41) is 6.30. The van der Waals surface area contributed by atoms with Crippen LogP contribution in [0.3, 0.4) is 0 Å². The van der Waals surface area contributed by atoms with Gasteiger partial charge in [-0.15, -0.1) is 16.4 Å². The zero-order chi connectivity index (χ0) is 18.8. The van der Waals surface area contributed by atoms with E-state index in [2.05, 4.69) is 5.10 Å². The molecule has 2 aromatic heterocycles. The summed E-state index contributed by atoms with van der Waals surface area (Å²) in [4.78, 5) is 27.7. The van der Waals surface area contributed by atoms with Crippen LogP contribution in [0.1, 0.15) is 37.3 Å². The minimum absolute atomic E-state index is 0.0361. The summed E-state index contributed by atoms with van der Waals surface area (Å²) in [6, 6.07) is 13.6. The lowest BCUT2D eigenvalue weighted by molar-refractivity contribution is -0.133. The topological polar surface area (TPSA) is 68.3 Å². The van der Waals surface area contributed by atoms with Gasteiger partial charge in [0.2, 0.25) is 5.91 Å². The zero-order valence-corrected chi connectivity index (χ0v) is 15.9. The van der Waals surface area contributed by atoms with Crippen molar-refractivity contribution in [3.05, 3.63) is 64.0 Å². The van der Waals surface area contributed by atoms with E-state index in [0.717, 1.165) is 10.4 Å². The Morgan fingerprint density at radius 2 is 1.93 bits per heavy atom. The molecule has 4 rings (SSSR count). The molecular weight excluding hydrogens is 362 g/mol. The Hall–Kier alpha value is -2.67. The first-order valence-electron chi connectivity index (χ1n) is 9.11. The smallest absolute Gasteiger partial charge is 0.387 e. The normalized spacial score (nSPS) is 16.4. The van der Waals surface area contributed by atoms with Crippen molar-refractivity contribution in [3.63, 3.8) is 0 Å². The molecule has 1 saturated heterocycles. The molecule has 0 spiro atoms. The van der Waals surface area contributed by atoms with E-state index < -0.39 is 5.76 Å². The summed E-state index contributed by atoms with van der Waals surface area (Å²) in [6.45, 7) is 3.18. The van der Waals surface area contributed by atoms with Gasteiger partial charge < -0.3 is 9.32 Å². The fourth-order valence-corrected chi connectivity index (χ4v) is 4.15. The van der Waals surface area contributed by atoms with E-state index in [-0.39, 0.29) is 17.9 Å². The van der Waals surface area contributed by atoms with Crippen LogP contribution in [0.15, 0.2) is 57.1 Å². The Labute approximate surface area is 161 Å². The number of benzene rings is 1. The number of nitrogens with zero attached hydrogens (tertiary/aromatic N) is 3. The van der Waals surface area contributed by atoms with Crippen molar-refractivity contribution >= 4 is 17.2 Å². The van der Waals surface area contributed by atoms with Crippen molar-refractivity contribution in [2.75, 3.05) is 13.1 Å². The molecule has 7 heteroatoms. The van der Waals surface area contributed by atoms with Gasteiger partial charge >= 0.3 is 5.76 Å². The third-order valence-electron chi connectivity index (χ3n) is 5.09. The Morgan fingerprint density at radius 1 is 1.19 bits per heavy atom. The number of amides is 1. The summed E-state index contributed by atoms with van der Waals surface area (Å²) in [7, 11) is 0. The van der Waals surface area contributed by atoms with E-state index in [1.54, 1.807) is 0 Å². The first-order valence-corrected chi connectivity index (χ1v) is 9.98. The molecule has 1 aromatic carbocycles. The number of carbonyl (C=O) groups is 1. The average molecular weight is 383 g/mol. The van der Waals surface area contributed by atoms with Crippen LogP contribution in [-0.4, -0.2) is 33.7 Å². The predicted octanol–water partition coefficient (Wildman–Crippen LogP) is 3.53. The van der Waals surface area contributed by atoms with Gasteiger partial charge in [-0.2, -0.15) is 4.68 Å². The summed E-state index contributed by atoms with van der Waals surface area (Å²) < 4.78 is 6.75. The van der Waals surface area contributed by atoms with E-state index in [1.807, 2.05) is 59.7 Å². The maximum absolute atomic E-state index is 12.8. The molecule has 140 valence electrons. The van der Waals surface area contributed by atoms with E-state index >= 15 is 0 Å². The van der Waals surface area contributed by atoms with Gasteiger partial charge in [-0.1, -0.05) is 36.4 Å². The Morgan fingerprint density at radius 3 is 2.59 bits per heavy atom. The van der Waals surface area contributed by atoms with Crippen LogP contribution in [0.25, 0.3) is 10.8 Å². The van der Waals surface area contributed by atoms with Gasteiger partial charge in [0.15, 0.2) is 0 Å². The molecule has 0 saturated carbocycles. The highest BCUT2D eigenvalue weighted by atomic mass is 32.1. The molecular formula is C20H21N3O3S. The SMILES string of the molecule is C[C@H](C(=O)N1CCC(n2nc(-c3cccs3)oc2=O)CC1)c1ccccc1. The van der Waals surface area contributed by atoms with E-state index in [0.29, 0.717) is 31.8 Å². The fraction of sp³-hybridized carbons (Fsp3) is 0.350. The Kier molecular flexibility index (Phi) is 4.94. The van der Waals surface area contributed by atoms with Crippen LogP contribution in [0.5, 0.6) is 0 Å². The first-order chi connectivity index (χ1) is 13.1. The lowest BCUT2D eigenvalue weighted by atomic mass is 9.97. The van der Waals surface area contributed by atoms with Crippen molar-refractivity contribution in [1.29, 1.82) is 0 Å². The molecule has 3 heterocycles. The lowest BCUT2D eigenvalue weighted by Crippen LogP contribution is -2.42. The highest BCUT2D eigenvalue weighted by Gasteiger charge is 2.29. The summed E-state index contributed by atoms with van der Waals surface area (Å²) in [5.41, 5.74) is 1.03. The van der Waals surface area contributed by atoms with Gasteiger partial charge in [-0.3, -0.25) is 4.79 Å². The minimum Gasteiger partial charge on any atom is -0.387 e. The molecule has 6 nitrogen and oxygen atoms in total. The minimum atomic E-state index is -0.430. The largest absolute Gasteiger partial charge is 0.437 e. The van der Waals surface area contributed by atoms with Gasteiger partial charge in [0.1, 0.15) is 0 Å². The van der Waals surface area contributed by atoms with Crippen LogP contribution in [0.2, 0.25) is 0 Å². The third kappa shape index (κ3) is 3.60. The van der Waals surface area contributed by atoms with Crippen LogP contribution in [-0.2, 0) is 4.79 Å². The van der Waals surface area contributed by atoms with Crippen molar-refractivity contribution in [2.24, 2.45) is 0 Å². The van der Waals surface area contributed by atoms with E-state index in [4.69, 9.17) is 4.42 Å². The molecule has 1 amide bonds. The highest BCUT2D eigenvalue weighted by Crippen LogP contribution is 2.27. The van der Waals surface area contributed by atoms with Crippen LogP contribution in [0, 0.1) is 0 Å². The lowest BCUT2D eigenvalue weighted by Gasteiger charge is -2.33. The summed E-state index contributed by atoms with van der Waals surface area (Å²) >= 11 is 1.49. The molecule has 0 N–H and O–H groups in total. The number of rotatable bonds is 4. The van der Waals surface area contributed by atoms with Gasteiger partial charge in [0, 0.05) is 13.1 Å². The molecule has 1 atom stereocenters. The maximum Gasteiger partial charge on any atom is 0.437 e. The quantitative estimate of drug-likeness (QED) is 0.691. The van der Waals surface area contributed by atoms with Crippen molar-refractivity contribution < 1.29 is 9.21 Å². The number of aromatic nitrogens is 2. The second kappa shape index (κ2) is 7.52. The number of hydrogen-bond donors (Lipinski definition) is 0. The monoisotopic (exact) mass is 383 g/mol. The molecule has 3 aromatic rings. The summed E-state index contributed by atoms with van der Waals surface area (Å²) in [6.07, 6.45) is 1.40. The Bertz CT molecular complexity index is 954. The molecule has 0 aliphatic carbocycles. The van der Waals surface area contributed by atoms with E-state index in [9.17, 15) is 9.59 Å². The zero-order valence-electron chi connectivity index (χ0n) is 15.1. The predicted molar refractivity (Wildman–Crippen MR) is 104 cm³/mol. The molecule has 0 unspecified atom stereocenters. The highest BCUT2D eigenvalue weighted by molar-refractivity contribution is 7.13. The number of likely N-dealkylation sites (tertiary alicyclic amines) is 1. The first kappa shape index (κ1) is 17.7. The molecule has 0 bridgehead atoms. The molecule has 1 fully saturated rings. The van der Waals surface area contributed by atoms with Gasteiger partial charge in [-0.25, -0.2) is 4.79 Å². The molecule has 27 heavy (non-hydrogen) atoms. The van der Waals surface area contributed by atoms with Crippen molar-refractivity contribution in [2.45, 2.75) is 31.7 Å². The summed E-state index contributed by atoms with van der Waals surface area (Å²) in [5.74, 6) is -0.0959. The van der Waals surface area contributed by atoms with Crippen LogP contribution in [0.4, 0.5) is 0 Å². The molecule has 0 radical (unpaired) electrons. The Balaban J connectivity index is 1.42.